The van der Waals surface area contributed by atoms with Crippen molar-refractivity contribution in [2.24, 2.45) is 0 Å². The van der Waals surface area contributed by atoms with Crippen LogP contribution in [0.2, 0.25) is 0 Å². The van der Waals surface area contributed by atoms with Gasteiger partial charge in [-0.2, -0.15) is 0 Å². The number of aromatic hydroxyl groups is 2. The zero-order chi connectivity index (χ0) is 21.1. The van der Waals surface area contributed by atoms with Gasteiger partial charge in [0.25, 0.3) is 0 Å². The SMILES string of the molecule is COc1ccc(-c2nc(-c3ccc(O)cc3)nc(-c3cccc(OC)c3O)n2)cc1. The maximum absolute atomic E-state index is 10.6. The highest BCUT2D eigenvalue weighted by molar-refractivity contribution is 5.72. The van der Waals surface area contributed by atoms with Crippen LogP contribution in [0.1, 0.15) is 0 Å². The number of para-hydroxylation sites is 1. The predicted molar refractivity (Wildman–Crippen MR) is 113 cm³/mol. The first-order chi connectivity index (χ1) is 14.6. The van der Waals surface area contributed by atoms with Gasteiger partial charge in [0, 0.05) is 11.1 Å². The van der Waals surface area contributed by atoms with E-state index in [2.05, 4.69) is 15.0 Å². The second-order valence-electron chi connectivity index (χ2n) is 6.44. The normalized spacial score (nSPS) is 10.6. The molecule has 0 atom stereocenters. The highest BCUT2D eigenvalue weighted by atomic mass is 16.5. The van der Waals surface area contributed by atoms with Crippen LogP contribution in [0.25, 0.3) is 34.2 Å². The number of rotatable bonds is 5. The molecule has 0 amide bonds. The van der Waals surface area contributed by atoms with Crippen molar-refractivity contribution in [1.29, 1.82) is 0 Å². The first-order valence-corrected chi connectivity index (χ1v) is 9.15. The Morgan fingerprint density at radius 2 is 1.20 bits per heavy atom. The molecular weight excluding hydrogens is 382 g/mol. The van der Waals surface area contributed by atoms with Gasteiger partial charge in [0.05, 0.1) is 19.8 Å². The van der Waals surface area contributed by atoms with Gasteiger partial charge in [-0.1, -0.05) is 6.07 Å². The monoisotopic (exact) mass is 401 g/mol. The highest BCUT2D eigenvalue weighted by Crippen LogP contribution is 2.36. The van der Waals surface area contributed by atoms with Crippen LogP contribution in [-0.4, -0.2) is 39.4 Å². The van der Waals surface area contributed by atoms with Crippen LogP contribution in [0.5, 0.6) is 23.0 Å². The molecule has 1 heterocycles. The van der Waals surface area contributed by atoms with Crippen LogP contribution in [0, 0.1) is 0 Å². The van der Waals surface area contributed by atoms with Gasteiger partial charge in [-0.3, -0.25) is 0 Å². The van der Waals surface area contributed by atoms with Crippen LogP contribution in [-0.2, 0) is 0 Å². The molecule has 0 aliphatic rings. The summed E-state index contributed by atoms with van der Waals surface area (Å²) in [6.07, 6.45) is 0. The third kappa shape index (κ3) is 3.73. The summed E-state index contributed by atoms with van der Waals surface area (Å²) < 4.78 is 10.4. The Morgan fingerprint density at radius 1 is 0.633 bits per heavy atom. The van der Waals surface area contributed by atoms with Gasteiger partial charge in [0.2, 0.25) is 0 Å². The standard InChI is InChI=1S/C23H19N3O4/c1-29-17-12-8-15(9-13-17)22-24-21(14-6-10-16(27)11-7-14)25-23(26-22)18-4-3-5-19(30-2)20(18)28/h3-13,27-28H,1-2H3. The van der Waals surface area contributed by atoms with Gasteiger partial charge in [-0.05, 0) is 60.7 Å². The second-order valence-corrected chi connectivity index (χ2v) is 6.44. The molecule has 7 nitrogen and oxygen atoms in total. The van der Waals surface area contributed by atoms with Crippen molar-refractivity contribution in [1.82, 2.24) is 15.0 Å². The van der Waals surface area contributed by atoms with Crippen LogP contribution in [0.4, 0.5) is 0 Å². The molecule has 30 heavy (non-hydrogen) atoms. The number of nitrogens with zero attached hydrogens (tertiary/aromatic N) is 3. The minimum atomic E-state index is -0.0523. The minimum absolute atomic E-state index is 0.0523. The van der Waals surface area contributed by atoms with Gasteiger partial charge in [0.1, 0.15) is 11.5 Å². The van der Waals surface area contributed by atoms with Crippen molar-refractivity contribution in [3.05, 3.63) is 66.7 Å². The van der Waals surface area contributed by atoms with Crippen molar-refractivity contribution >= 4 is 0 Å². The smallest absolute Gasteiger partial charge is 0.168 e. The van der Waals surface area contributed by atoms with Crippen molar-refractivity contribution in [3.8, 4) is 57.2 Å². The summed E-state index contributed by atoms with van der Waals surface area (Å²) in [5, 5.41) is 20.2. The molecule has 150 valence electrons. The number of phenols is 2. The van der Waals surface area contributed by atoms with Crippen molar-refractivity contribution < 1.29 is 19.7 Å². The van der Waals surface area contributed by atoms with Crippen molar-refractivity contribution in [2.45, 2.75) is 0 Å². The zero-order valence-corrected chi connectivity index (χ0v) is 16.4. The number of benzene rings is 3. The first kappa shape index (κ1) is 19.2. The molecule has 0 aliphatic heterocycles. The van der Waals surface area contributed by atoms with Crippen LogP contribution >= 0.6 is 0 Å². The Labute approximate surface area is 173 Å². The average Bonchev–Trinajstić information content (AvgIpc) is 2.79. The lowest BCUT2D eigenvalue weighted by Gasteiger charge is -2.11. The maximum atomic E-state index is 10.6. The predicted octanol–water partition coefficient (Wildman–Crippen LogP) is 4.30. The van der Waals surface area contributed by atoms with E-state index in [-0.39, 0.29) is 11.5 Å². The van der Waals surface area contributed by atoms with Crippen LogP contribution in [0.3, 0.4) is 0 Å². The van der Waals surface area contributed by atoms with E-state index in [0.29, 0.717) is 34.3 Å². The Morgan fingerprint density at radius 3 is 1.77 bits per heavy atom. The van der Waals surface area contributed by atoms with E-state index in [1.807, 2.05) is 24.3 Å². The summed E-state index contributed by atoms with van der Waals surface area (Å²) in [6, 6.07) is 19.0. The Balaban J connectivity index is 1.91. The van der Waals surface area contributed by atoms with Gasteiger partial charge >= 0.3 is 0 Å². The quantitative estimate of drug-likeness (QED) is 0.514. The van der Waals surface area contributed by atoms with E-state index < -0.39 is 0 Å². The molecule has 0 saturated carbocycles. The number of aromatic nitrogens is 3. The molecule has 0 radical (unpaired) electrons. The summed E-state index contributed by atoms with van der Waals surface area (Å²) in [5.41, 5.74) is 1.89. The zero-order valence-electron chi connectivity index (χ0n) is 16.4. The first-order valence-electron chi connectivity index (χ1n) is 9.15. The molecule has 0 unspecified atom stereocenters. The van der Waals surface area contributed by atoms with Crippen molar-refractivity contribution in [3.63, 3.8) is 0 Å². The lowest BCUT2D eigenvalue weighted by Crippen LogP contribution is -2.00. The van der Waals surface area contributed by atoms with E-state index in [0.717, 1.165) is 11.3 Å². The number of phenolic OH excluding ortho intramolecular Hbond substituents is 2. The fourth-order valence-corrected chi connectivity index (χ4v) is 2.97. The van der Waals surface area contributed by atoms with Crippen LogP contribution < -0.4 is 9.47 Å². The molecule has 2 N–H and O–H groups in total. The van der Waals surface area contributed by atoms with Gasteiger partial charge in [-0.15, -0.1) is 0 Å². The van der Waals surface area contributed by atoms with Crippen molar-refractivity contribution in [2.75, 3.05) is 14.2 Å². The molecule has 4 aromatic rings. The fourth-order valence-electron chi connectivity index (χ4n) is 2.97. The molecule has 4 rings (SSSR count). The van der Waals surface area contributed by atoms with E-state index in [1.165, 1.54) is 7.11 Å². The largest absolute Gasteiger partial charge is 0.508 e. The highest BCUT2D eigenvalue weighted by Gasteiger charge is 2.16. The molecule has 7 heteroatoms. The lowest BCUT2D eigenvalue weighted by molar-refractivity contribution is 0.374. The van der Waals surface area contributed by atoms with E-state index in [4.69, 9.17) is 9.47 Å². The third-order valence-electron chi connectivity index (χ3n) is 4.57. The maximum Gasteiger partial charge on any atom is 0.168 e. The third-order valence-corrected chi connectivity index (χ3v) is 4.57. The Bertz CT molecular complexity index is 1180. The molecule has 1 aromatic heterocycles. The number of hydrogen-bond donors (Lipinski definition) is 2. The molecule has 0 fully saturated rings. The van der Waals surface area contributed by atoms with E-state index >= 15 is 0 Å². The van der Waals surface area contributed by atoms with Gasteiger partial charge < -0.3 is 19.7 Å². The summed E-state index contributed by atoms with van der Waals surface area (Å²) in [6.45, 7) is 0. The topological polar surface area (TPSA) is 97.6 Å². The summed E-state index contributed by atoms with van der Waals surface area (Å²) in [4.78, 5) is 13.7. The minimum Gasteiger partial charge on any atom is -0.508 e. The van der Waals surface area contributed by atoms with Gasteiger partial charge in [0.15, 0.2) is 29.0 Å². The van der Waals surface area contributed by atoms with E-state index in [1.54, 1.807) is 49.6 Å². The second kappa shape index (κ2) is 8.08. The Hall–Kier alpha value is -4.13. The summed E-state index contributed by atoms with van der Waals surface area (Å²) in [5.74, 6) is 2.29. The van der Waals surface area contributed by atoms with Gasteiger partial charge in [-0.25, -0.2) is 15.0 Å². The lowest BCUT2D eigenvalue weighted by atomic mass is 10.1. The molecule has 0 spiro atoms. The van der Waals surface area contributed by atoms with Crippen LogP contribution in [0.15, 0.2) is 66.7 Å². The average molecular weight is 401 g/mol. The molecule has 0 saturated heterocycles. The molecule has 0 aliphatic carbocycles. The molecule has 3 aromatic carbocycles. The number of hydrogen-bond acceptors (Lipinski definition) is 7. The summed E-state index contributed by atoms with van der Waals surface area (Å²) >= 11 is 0. The Kier molecular flexibility index (Phi) is 5.17. The molecular formula is C23H19N3O4. The number of methoxy groups -OCH3 is 2. The number of ether oxygens (including phenoxy) is 2. The van der Waals surface area contributed by atoms with E-state index in [9.17, 15) is 10.2 Å². The summed E-state index contributed by atoms with van der Waals surface area (Å²) in [7, 11) is 3.08. The fraction of sp³-hybridized carbons (Fsp3) is 0.0870. The molecule has 0 bridgehead atoms.